The summed E-state index contributed by atoms with van der Waals surface area (Å²) in [5, 5.41) is 6.14. The normalized spacial score (nSPS) is 25.2. The number of nitrogens with zero attached hydrogens (tertiary/aromatic N) is 10. The molecule has 8 aliphatic rings. The summed E-state index contributed by atoms with van der Waals surface area (Å²) in [7, 11) is 0. The molecule has 1 spiro atoms. The van der Waals surface area contributed by atoms with E-state index < -0.39 is 11.0 Å². The molecule has 1 atom stereocenters. The Morgan fingerprint density at radius 2 is 1.54 bits per heavy atom. The minimum Gasteiger partial charge on any atom is -0.366 e. The second-order valence-corrected chi connectivity index (χ2v) is 23.6. The molecule has 3 aromatic heterocycles. The number of likely N-dealkylation sites (tertiary alicyclic amines) is 2. The average Bonchev–Trinajstić information content (AvgIpc) is 4.11. The van der Waals surface area contributed by atoms with Gasteiger partial charge in [0.15, 0.2) is 5.82 Å². The number of carbonyl (C=O) groups is 5. The highest BCUT2D eigenvalue weighted by Crippen LogP contribution is 2.52. The average molecular weight is 1010 g/mol. The minimum absolute atomic E-state index is 0.0642. The molecule has 2 saturated carbocycles. The monoisotopic (exact) mass is 1010 g/mol. The van der Waals surface area contributed by atoms with Crippen molar-refractivity contribution in [2.45, 2.75) is 152 Å². The van der Waals surface area contributed by atoms with E-state index in [0.29, 0.717) is 77.0 Å². The first-order chi connectivity index (χ1) is 35.8. The fourth-order valence-electron chi connectivity index (χ4n) is 13.6. The van der Waals surface area contributed by atoms with Crippen LogP contribution in [0.5, 0.6) is 0 Å². The first-order valence-corrected chi connectivity index (χ1v) is 28.0. The first kappa shape index (κ1) is 49.0. The van der Waals surface area contributed by atoms with Crippen LogP contribution in [0.2, 0.25) is 0 Å². The molecule has 12 rings (SSSR count). The van der Waals surface area contributed by atoms with Gasteiger partial charge in [0.05, 0.1) is 34.4 Å². The number of rotatable bonds is 11. The van der Waals surface area contributed by atoms with Gasteiger partial charge in [0.2, 0.25) is 29.5 Å². The van der Waals surface area contributed by atoms with E-state index >= 15 is 4.79 Å². The van der Waals surface area contributed by atoms with Crippen molar-refractivity contribution >= 4 is 57.9 Å². The van der Waals surface area contributed by atoms with Gasteiger partial charge >= 0.3 is 0 Å². The van der Waals surface area contributed by atoms with Crippen LogP contribution >= 0.6 is 0 Å². The van der Waals surface area contributed by atoms with Gasteiger partial charge < -0.3 is 34.4 Å². The predicted octanol–water partition coefficient (Wildman–Crippen LogP) is 6.23. The van der Waals surface area contributed by atoms with E-state index in [0.717, 1.165) is 115 Å². The van der Waals surface area contributed by atoms with E-state index in [1.807, 2.05) is 42.1 Å². The van der Waals surface area contributed by atoms with Gasteiger partial charge in [-0.05, 0) is 141 Å². The Morgan fingerprint density at radius 1 is 0.797 bits per heavy atom. The van der Waals surface area contributed by atoms with Gasteiger partial charge in [-0.25, -0.2) is 15.0 Å². The number of anilines is 3. The Bertz CT molecular complexity index is 2820. The lowest BCUT2D eigenvalue weighted by atomic mass is 9.73. The molecule has 4 aromatic rings. The maximum absolute atomic E-state index is 15.3. The molecule has 5 amide bonds. The van der Waals surface area contributed by atoms with Crippen molar-refractivity contribution < 1.29 is 24.0 Å². The molecule has 0 radical (unpaired) electrons. The Labute approximate surface area is 434 Å². The zero-order valence-electron chi connectivity index (χ0n) is 43.9. The SMILES string of the molecule is CC(C)n1cnc2cc(-c3ccc4c(c3)N(C3CC(N5CCCCC5)C3)C(=O)C43CCN(C(=O)C(C)(C)N4CCN(C(=O)C5CCN(c6ccc(C7CCC(=O)NC7=O)cn6)CC5)CC4)CC3)nc(NC3CC3)c21. The number of imidazole rings is 1. The summed E-state index contributed by atoms with van der Waals surface area (Å²) in [5.41, 5.74) is 5.22. The molecule has 1 unspecified atom stereocenters. The van der Waals surface area contributed by atoms with Crippen LogP contribution in [0.3, 0.4) is 0 Å². The van der Waals surface area contributed by atoms with Gasteiger partial charge in [0.1, 0.15) is 11.3 Å². The highest BCUT2D eigenvalue weighted by molar-refractivity contribution is 6.09. The maximum Gasteiger partial charge on any atom is 0.242 e. The van der Waals surface area contributed by atoms with Crippen LogP contribution in [0.1, 0.15) is 134 Å². The summed E-state index contributed by atoms with van der Waals surface area (Å²) in [4.78, 5) is 96.0. The van der Waals surface area contributed by atoms with E-state index in [1.165, 1.54) is 19.3 Å². The predicted molar refractivity (Wildman–Crippen MR) is 284 cm³/mol. The molecule has 6 aliphatic heterocycles. The summed E-state index contributed by atoms with van der Waals surface area (Å²) < 4.78 is 2.20. The number of piperidine rings is 4. The number of benzene rings is 1. The molecule has 1 aromatic carbocycles. The molecular formula is C57H74N12O5. The molecule has 7 fully saturated rings. The number of pyridine rings is 2. The third kappa shape index (κ3) is 8.82. The molecule has 17 heteroatoms. The second kappa shape index (κ2) is 19.3. The van der Waals surface area contributed by atoms with E-state index in [9.17, 15) is 19.2 Å². The van der Waals surface area contributed by atoms with Gasteiger partial charge in [-0.15, -0.1) is 0 Å². The zero-order valence-corrected chi connectivity index (χ0v) is 43.9. The third-order valence-electron chi connectivity index (χ3n) is 18.5. The second-order valence-electron chi connectivity index (χ2n) is 23.6. The Kier molecular flexibility index (Phi) is 12.8. The molecule has 17 nitrogen and oxygen atoms in total. The summed E-state index contributed by atoms with van der Waals surface area (Å²) in [6, 6.07) is 13.9. The van der Waals surface area contributed by atoms with Gasteiger partial charge in [-0.3, -0.25) is 34.2 Å². The molecule has 2 aliphatic carbocycles. The van der Waals surface area contributed by atoms with Crippen LogP contribution in [-0.4, -0.2) is 158 Å². The fraction of sp³-hybridized carbons (Fsp3) is 0.614. The van der Waals surface area contributed by atoms with Crippen molar-refractivity contribution in [2.24, 2.45) is 5.92 Å². The van der Waals surface area contributed by atoms with Crippen molar-refractivity contribution in [1.29, 1.82) is 0 Å². The van der Waals surface area contributed by atoms with Crippen LogP contribution in [0.4, 0.5) is 17.3 Å². The van der Waals surface area contributed by atoms with Crippen LogP contribution in [0.15, 0.2) is 48.9 Å². The number of carbonyl (C=O) groups excluding carboxylic acids is 5. The van der Waals surface area contributed by atoms with Crippen LogP contribution in [0.25, 0.3) is 22.3 Å². The number of nitrogens with one attached hydrogen (secondary N) is 2. The minimum atomic E-state index is -0.772. The molecule has 9 heterocycles. The standard InChI is InChI=1S/C57H74N12O5/c1-36(2)68-35-59-46-33-45(61-51(50(46)68)60-40-10-11-40)38-8-13-44-47(30-38)69(42-31-41(32-42)63-20-6-5-7-21-63)55(74)57(44)18-24-66(25-19-57)54(73)56(3,4)67-28-26-65(27-29-67)53(72)37-16-22-64(23-17-37)48-14-9-39(34-58-48)43-12-15-49(70)62-52(43)71/h8-9,13-14,30,33-37,40-43H,5-7,10-12,15-29,31-32H2,1-4H3,(H,60,61)(H,62,70,71). The highest BCUT2D eigenvalue weighted by Gasteiger charge is 2.56. The lowest BCUT2D eigenvalue weighted by Crippen LogP contribution is -2.63. The van der Waals surface area contributed by atoms with Crippen molar-refractivity contribution in [2.75, 3.05) is 80.6 Å². The van der Waals surface area contributed by atoms with Crippen LogP contribution in [-0.2, 0) is 29.4 Å². The van der Waals surface area contributed by atoms with Crippen molar-refractivity contribution in [3.63, 3.8) is 0 Å². The fourth-order valence-corrected chi connectivity index (χ4v) is 13.6. The number of fused-ring (bicyclic) bond motifs is 3. The largest absolute Gasteiger partial charge is 0.366 e. The summed E-state index contributed by atoms with van der Waals surface area (Å²) in [6.07, 6.45) is 15.2. The molecule has 5 saturated heterocycles. The van der Waals surface area contributed by atoms with Crippen molar-refractivity contribution in [3.8, 4) is 11.3 Å². The number of hydrogen-bond acceptors (Lipinski definition) is 12. The quantitative estimate of drug-likeness (QED) is 0.163. The lowest BCUT2D eigenvalue weighted by Gasteiger charge is -2.49. The Hall–Kier alpha value is -5.94. The highest BCUT2D eigenvalue weighted by atomic mass is 16.2. The smallest absolute Gasteiger partial charge is 0.242 e. The van der Waals surface area contributed by atoms with Gasteiger partial charge in [0, 0.05) is 106 Å². The van der Waals surface area contributed by atoms with Gasteiger partial charge in [0.25, 0.3) is 0 Å². The number of aromatic nitrogens is 4. The van der Waals surface area contributed by atoms with E-state index in [-0.39, 0.29) is 53.5 Å². The molecular weight excluding hydrogens is 933 g/mol. The Morgan fingerprint density at radius 3 is 2.22 bits per heavy atom. The molecule has 0 bridgehead atoms. The van der Waals surface area contributed by atoms with Crippen LogP contribution < -0.4 is 20.4 Å². The molecule has 392 valence electrons. The third-order valence-corrected chi connectivity index (χ3v) is 18.5. The summed E-state index contributed by atoms with van der Waals surface area (Å²) in [6.45, 7) is 15.5. The Balaban J connectivity index is 0.697. The number of amides is 5. The molecule has 74 heavy (non-hydrogen) atoms. The zero-order chi connectivity index (χ0) is 51.0. The van der Waals surface area contributed by atoms with Crippen LogP contribution in [0, 0.1) is 5.92 Å². The number of imide groups is 1. The van der Waals surface area contributed by atoms with E-state index in [4.69, 9.17) is 9.97 Å². The van der Waals surface area contributed by atoms with Crippen molar-refractivity contribution in [3.05, 3.63) is 60.0 Å². The topological polar surface area (TPSA) is 172 Å². The van der Waals surface area contributed by atoms with Gasteiger partial charge in [-0.1, -0.05) is 24.6 Å². The number of piperazine rings is 1. The van der Waals surface area contributed by atoms with E-state index in [1.54, 1.807) is 6.20 Å². The molecule has 2 N–H and O–H groups in total. The van der Waals surface area contributed by atoms with Crippen molar-refractivity contribution in [1.82, 2.24) is 44.4 Å². The summed E-state index contributed by atoms with van der Waals surface area (Å²) >= 11 is 0. The van der Waals surface area contributed by atoms with Gasteiger partial charge in [-0.2, -0.15) is 0 Å². The first-order valence-electron chi connectivity index (χ1n) is 28.0. The summed E-state index contributed by atoms with van der Waals surface area (Å²) in [5.74, 6) is 1.24. The maximum atomic E-state index is 15.3. The lowest BCUT2D eigenvalue weighted by molar-refractivity contribution is -0.149. The van der Waals surface area contributed by atoms with E-state index in [2.05, 4.69) is 77.9 Å². The number of hydrogen-bond donors (Lipinski definition) is 2.